The molecule has 0 saturated carbocycles. The first-order valence-electron chi connectivity index (χ1n) is 19.8. The molecule has 0 bridgehead atoms. The number of rotatable bonds is 35. The second kappa shape index (κ2) is 31.7. The molecule has 0 aliphatic carbocycles. The van der Waals surface area contributed by atoms with Crippen LogP contribution in [-0.4, -0.2) is 72.1 Å². The second-order valence-electron chi connectivity index (χ2n) is 13.4. The molecule has 13 heteroatoms. The van der Waals surface area contributed by atoms with E-state index in [9.17, 15) is 23.8 Å². The summed E-state index contributed by atoms with van der Waals surface area (Å²) in [6.45, 7) is 2.63. The zero-order valence-electron chi connectivity index (χ0n) is 32.3. The highest BCUT2D eigenvalue weighted by Gasteiger charge is 2.36. The van der Waals surface area contributed by atoms with Gasteiger partial charge in [-0.2, -0.15) is 0 Å². The van der Waals surface area contributed by atoms with Gasteiger partial charge in [-0.15, -0.1) is 0 Å². The molecule has 0 spiro atoms. The second-order valence-corrected chi connectivity index (χ2v) is 14.9. The predicted molar refractivity (Wildman–Crippen MR) is 207 cm³/mol. The minimum atomic E-state index is -4.73. The number of ether oxygens (including phenoxy) is 3. The Kier molecular flexibility index (Phi) is 29.0. The highest BCUT2D eigenvalue weighted by molar-refractivity contribution is 7.47. The van der Waals surface area contributed by atoms with Crippen molar-refractivity contribution < 1.29 is 52.2 Å². The van der Waals surface area contributed by atoms with E-state index in [2.05, 4.69) is 54.8 Å². The molecule has 0 amide bonds. The smallest absolute Gasteiger partial charge is 0.472 e. The maximum Gasteiger partial charge on any atom is 0.472 e. The van der Waals surface area contributed by atoms with E-state index in [0.29, 0.717) is 31.5 Å². The van der Waals surface area contributed by atoms with E-state index < -0.39 is 51.1 Å². The SMILES string of the molecule is CCCC/C=C\CCCCCCCC(=O)OC[C@H](COP(=O)(O)OC[C@H](N)C(=O)O)OC(=O)CCC/C=C\C/C=C\CC1OC1C/C=C\CCCCC. The Hall–Kier alpha value is -2.60. The molecule has 1 rings (SSSR count). The lowest BCUT2D eigenvalue weighted by Crippen LogP contribution is -2.34. The Morgan fingerprint density at radius 3 is 1.91 bits per heavy atom. The van der Waals surface area contributed by atoms with Gasteiger partial charge in [-0.1, -0.05) is 107 Å². The van der Waals surface area contributed by atoms with Crippen LogP contribution in [0.25, 0.3) is 0 Å². The molecule has 1 fully saturated rings. The molecule has 0 aromatic carbocycles. The van der Waals surface area contributed by atoms with Crippen molar-refractivity contribution in [3.63, 3.8) is 0 Å². The monoisotopic (exact) mass is 769 g/mol. The third-order valence-electron chi connectivity index (χ3n) is 8.45. The number of carboxylic acid groups (broad SMARTS) is 1. The van der Waals surface area contributed by atoms with Crippen molar-refractivity contribution in [2.75, 3.05) is 19.8 Å². The molecule has 5 atom stereocenters. The Bertz CT molecular complexity index is 1160. The van der Waals surface area contributed by atoms with Crippen LogP contribution in [0.1, 0.15) is 142 Å². The molecule has 0 aromatic heterocycles. The quantitative estimate of drug-likeness (QED) is 0.0183. The summed E-state index contributed by atoms with van der Waals surface area (Å²) in [7, 11) is -4.73. The van der Waals surface area contributed by atoms with E-state index in [1.54, 1.807) is 0 Å². The lowest BCUT2D eigenvalue weighted by molar-refractivity contribution is -0.161. The lowest BCUT2D eigenvalue weighted by Gasteiger charge is -2.20. The van der Waals surface area contributed by atoms with E-state index in [4.69, 9.17) is 29.6 Å². The highest BCUT2D eigenvalue weighted by atomic mass is 31.2. The van der Waals surface area contributed by atoms with Crippen molar-refractivity contribution >= 4 is 25.7 Å². The molecular weight excluding hydrogens is 701 g/mol. The van der Waals surface area contributed by atoms with Gasteiger partial charge in [0.25, 0.3) is 0 Å². The maximum atomic E-state index is 12.6. The van der Waals surface area contributed by atoms with Crippen LogP contribution in [-0.2, 0) is 42.2 Å². The van der Waals surface area contributed by atoms with Crippen LogP contribution in [0, 0.1) is 0 Å². The number of nitrogens with two attached hydrogens (primary N) is 1. The van der Waals surface area contributed by atoms with Gasteiger partial charge in [0, 0.05) is 12.8 Å². The molecule has 1 aliphatic rings. The van der Waals surface area contributed by atoms with Gasteiger partial charge in [-0.25, -0.2) is 4.57 Å². The summed E-state index contributed by atoms with van der Waals surface area (Å²) in [4.78, 5) is 45.8. The number of allylic oxidation sites excluding steroid dienone is 6. The number of phosphoric acid groups is 1. The summed E-state index contributed by atoms with van der Waals surface area (Å²) in [6.07, 6.45) is 35.1. The van der Waals surface area contributed by atoms with Gasteiger partial charge >= 0.3 is 25.7 Å². The first kappa shape index (κ1) is 48.4. The van der Waals surface area contributed by atoms with Crippen molar-refractivity contribution in [1.82, 2.24) is 0 Å². The van der Waals surface area contributed by atoms with Crippen LogP contribution in [0.4, 0.5) is 0 Å². The van der Waals surface area contributed by atoms with Crippen molar-refractivity contribution in [1.29, 1.82) is 0 Å². The first-order valence-corrected chi connectivity index (χ1v) is 21.3. The van der Waals surface area contributed by atoms with Gasteiger partial charge in [0.1, 0.15) is 12.6 Å². The Labute approximate surface area is 318 Å². The number of unbranched alkanes of at least 4 members (excludes halogenated alkanes) is 11. The summed E-state index contributed by atoms with van der Waals surface area (Å²) in [5.41, 5.74) is 5.31. The molecule has 1 saturated heterocycles. The number of aliphatic carboxylic acids is 1. The normalized spacial score (nSPS) is 18.2. The highest BCUT2D eigenvalue weighted by Crippen LogP contribution is 2.43. The third-order valence-corrected chi connectivity index (χ3v) is 9.40. The molecule has 1 heterocycles. The Morgan fingerprint density at radius 2 is 1.21 bits per heavy atom. The Morgan fingerprint density at radius 1 is 0.679 bits per heavy atom. The number of epoxide rings is 1. The van der Waals surface area contributed by atoms with Crippen LogP contribution in [0.5, 0.6) is 0 Å². The van der Waals surface area contributed by atoms with Gasteiger partial charge in [-0.3, -0.25) is 23.4 Å². The van der Waals surface area contributed by atoms with Crippen LogP contribution in [0.3, 0.4) is 0 Å². The minimum Gasteiger partial charge on any atom is -0.480 e. The average Bonchev–Trinajstić information content (AvgIpc) is 3.89. The lowest BCUT2D eigenvalue weighted by atomic mass is 10.1. The number of hydrogen-bond acceptors (Lipinski definition) is 10. The van der Waals surface area contributed by atoms with Crippen LogP contribution < -0.4 is 5.73 Å². The topological polar surface area (TPSA) is 184 Å². The minimum absolute atomic E-state index is 0.0768. The summed E-state index contributed by atoms with van der Waals surface area (Å²) < 4.78 is 38.2. The molecule has 304 valence electrons. The standard InChI is InChI=1S/C40H68NO11P/c1-3-5-7-9-11-12-13-14-17-21-25-29-38(42)48-31-34(32-49-53(46,47)50-33-35(41)40(44)45)51-39(43)30-26-22-18-15-16-20-24-28-37-36(52-37)27-23-19-10-8-6-4-2/h9,11,15,18-20,23-24,34-37H,3-8,10,12-14,16-17,21-22,25-33,41H2,1-2H3,(H,44,45)(H,46,47)/b11-9-,18-15-,23-19-,24-20-/t34-,35+,36?,37?/m1/s1. The van der Waals surface area contributed by atoms with E-state index in [-0.39, 0.29) is 19.4 Å². The van der Waals surface area contributed by atoms with Crippen molar-refractivity contribution in [3.05, 3.63) is 48.6 Å². The van der Waals surface area contributed by atoms with Gasteiger partial charge < -0.3 is 29.9 Å². The fourth-order valence-corrected chi connectivity index (χ4v) is 5.91. The fourth-order valence-electron chi connectivity index (χ4n) is 5.14. The largest absolute Gasteiger partial charge is 0.480 e. The van der Waals surface area contributed by atoms with Gasteiger partial charge in [0.15, 0.2) is 6.10 Å². The third kappa shape index (κ3) is 29.4. The summed E-state index contributed by atoms with van der Waals surface area (Å²) in [6, 6.07) is -1.53. The van der Waals surface area contributed by atoms with Crippen molar-refractivity contribution in [3.8, 4) is 0 Å². The summed E-state index contributed by atoms with van der Waals surface area (Å²) in [5.74, 6) is -2.48. The molecular formula is C40H68NO11P. The average molecular weight is 770 g/mol. The molecule has 0 radical (unpaired) electrons. The van der Waals surface area contributed by atoms with Crippen LogP contribution >= 0.6 is 7.82 Å². The van der Waals surface area contributed by atoms with Crippen LogP contribution in [0.15, 0.2) is 48.6 Å². The first-order chi connectivity index (χ1) is 25.6. The van der Waals surface area contributed by atoms with Gasteiger partial charge in [0.05, 0.1) is 25.4 Å². The molecule has 12 nitrogen and oxygen atoms in total. The molecule has 3 unspecified atom stereocenters. The van der Waals surface area contributed by atoms with E-state index in [1.165, 1.54) is 32.1 Å². The van der Waals surface area contributed by atoms with Gasteiger partial charge in [0.2, 0.25) is 0 Å². The molecule has 1 aliphatic heterocycles. The zero-order chi connectivity index (χ0) is 39.0. The number of hydrogen-bond donors (Lipinski definition) is 3. The molecule has 53 heavy (non-hydrogen) atoms. The number of carboxylic acids is 1. The molecule has 0 aromatic rings. The zero-order valence-corrected chi connectivity index (χ0v) is 33.2. The van der Waals surface area contributed by atoms with Crippen LogP contribution in [0.2, 0.25) is 0 Å². The number of phosphoric ester groups is 1. The number of carbonyl (C=O) groups excluding carboxylic acids is 2. The van der Waals surface area contributed by atoms with Gasteiger partial charge in [-0.05, 0) is 70.6 Å². The number of esters is 2. The van der Waals surface area contributed by atoms with E-state index in [1.807, 2.05) is 12.2 Å². The predicted octanol–water partition coefficient (Wildman–Crippen LogP) is 8.82. The molecule has 4 N–H and O–H groups in total. The number of carbonyl (C=O) groups is 3. The van der Waals surface area contributed by atoms with Crippen molar-refractivity contribution in [2.24, 2.45) is 5.73 Å². The van der Waals surface area contributed by atoms with E-state index in [0.717, 1.165) is 64.2 Å². The Balaban J connectivity index is 2.37. The van der Waals surface area contributed by atoms with Crippen molar-refractivity contribution in [2.45, 2.75) is 167 Å². The summed E-state index contributed by atoms with van der Waals surface area (Å²) >= 11 is 0. The maximum absolute atomic E-state index is 12.6. The fraction of sp³-hybridized carbons (Fsp3) is 0.725. The summed E-state index contributed by atoms with van der Waals surface area (Å²) in [5, 5.41) is 8.86. The van der Waals surface area contributed by atoms with E-state index >= 15 is 0 Å².